The molecule has 1 atom stereocenters. The van der Waals surface area contributed by atoms with Crippen LogP contribution in [-0.2, 0) is 6.42 Å². The van der Waals surface area contributed by atoms with Crippen molar-refractivity contribution in [1.29, 1.82) is 0 Å². The minimum Gasteiger partial charge on any atom is -0.371 e. The standard InChI is InChI=1S/C15H15NO/c17-15(11-13-7-3-1-4-8-13)16-12-14-9-5-2-6-10-14/h1-10,12,15,17H,11H2/b16-12+/t15-/m0/s1. The summed E-state index contributed by atoms with van der Waals surface area (Å²) in [5, 5.41) is 9.77. The van der Waals surface area contributed by atoms with Crippen molar-refractivity contribution < 1.29 is 5.11 Å². The van der Waals surface area contributed by atoms with Crippen LogP contribution in [0.1, 0.15) is 11.1 Å². The Morgan fingerprint density at radius 3 is 2.18 bits per heavy atom. The Balaban J connectivity index is 1.94. The molecule has 0 amide bonds. The first-order valence-corrected chi connectivity index (χ1v) is 5.65. The number of nitrogens with zero attached hydrogens (tertiary/aromatic N) is 1. The maximum Gasteiger partial charge on any atom is 0.149 e. The van der Waals surface area contributed by atoms with Crippen LogP contribution in [0.5, 0.6) is 0 Å². The van der Waals surface area contributed by atoms with E-state index in [0.29, 0.717) is 6.42 Å². The Morgan fingerprint density at radius 2 is 1.53 bits per heavy atom. The molecular weight excluding hydrogens is 210 g/mol. The molecule has 2 aromatic rings. The lowest BCUT2D eigenvalue weighted by Gasteiger charge is -2.04. The summed E-state index contributed by atoms with van der Waals surface area (Å²) in [7, 11) is 0. The third-order valence-electron chi connectivity index (χ3n) is 2.46. The van der Waals surface area contributed by atoms with Crippen LogP contribution in [0.4, 0.5) is 0 Å². The minimum atomic E-state index is -0.683. The average Bonchev–Trinajstić information content (AvgIpc) is 2.39. The second-order valence-electron chi connectivity index (χ2n) is 3.86. The summed E-state index contributed by atoms with van der Waals surface area (Å²) in [6, 6.07) is 19.6. The van der Waals surface area contributed by atoms with Crippen molar-refractivity contribution in [2.75, 3.05) is 0 Å². The van der Waals surface area contributed by atoms with Crippen molar-refractivity contribution in [3.8, 4) is 0 Å². The number of aliphatic hydroxyl groups is 1. The van der Waals surface area contributed by atoms with Gasteiger partial charge in [0.15, 0.2) is 0 Å². The van der Waals surface area contributed by atoms with Gasteiger partial charge in [-0.2, -0.15) is 0 Å². The molecule has 0 aliphatic carbocycles. The van der Waals surface area contributed by atoms with E-state index in [0.717, 1.165) is 11.1 Å². The fourth-order valence-corrected chi connectivity index (χ4v) is 1.59. The van der Waals surface area contributed by atoms with E-state index in [9.17, 15) is 5.11 Å². The van der Waals surface area contributed by atoms with Crippen LogP contribution < -0.4 is 0 Å². The molecule has 0 bridgehead atoms. The first-order chi connectivity index (χ1) is 8.34. The monoisotopic (exact) mass is 225 g/mol. The molecule has 86 valence electrons. The molecule has 0 heterocycles. The van der Waals surface area contributed by atoms with E-state index in [1.807, 2.05) is 60.7 Å². The maximum atomic E-state index is 9.77. The molecule has 0 radical (unpaired) electrons. The molecule has 2 heteroatoms. The fourth-order valence-electron chi connectivity index (χ4n) is 1.59. The molecule has 2 nitrogen and oxygen atoms in total. The average molecular weight is 225 g/mol. The van der Waals surface area contributed by atoms with Crippen LogP contribution in [0.25, 0.3) is 0 Å². The molecule has 0 unspecified atom stereocenters. The van der Waals surface area contributed by atoms with E-state index in [1.54, 1.807) is 6.21 Å². The van der Waals surface area contributed by atoms with Gasteiger partial charge in [-0.05, 0) is 11.1 Å². The van der Waals surface area contributed by atoms with Crippen LogP contribution in [0.2, 0.25) is 0 Å². The van der Waals surface area contributed by atoms with Gasteiger partial charge in [-0.25, -0.2) is 0 Å². The van der Waals surface area contributed by atoms with Crippen molar-refractivity contribution in [2.45, 2.75) is 12.6 Å². The first kappa shape index (κ1) is 11.6. The largest absolute Gasteiger partial charge is 0.371 e. The maximum absolute atomic E-state index is 9.77. The molecule has 0 aliphatic rings. The zero-order valence-corrected chi connectivity index (χ0v) is 9.53. The molecule has 17 heavy (non-hydrogen) atoms. The minimum absolute atomic E-state index is 0.546. The van der Waals surface area contributed by atoms with E-state index in [2.05, 4.69) is 4.99 Å². The summed E-state index contributed by atoms with van der Waals surface area (Å²) in [6.45, 7) is 0. The Morgan fingerprint density at radius 1 is 0.941 bits per heavy atom. The molecule has 0 aliphatic heterocycles. The van der Waals surface area contributed by atoms with Gasteiger partial charge < -0.3 is 5.11 Å². The van der Waals surface area contributed by atoms with E-state index in [-0.39, 0.29) is 0 Å². The fraction of sp³-hybridized carbons (Fsp3) is 0.133. The Kier molecular flexibility index (Phi) is 4.05. The third-order valence-corrected chi connectivity index (χ3v) is 2.46. The van der Waals surface area contributed by atoms with Crippen molar-refractivity contribution in [2.24, 2.45) is 4.99 Å². The van der Waals surface area contributed by atoms with Crippen molar-refractivity contribution in [1.82, 2.24) is 0 Å². The first-order valence-electron chi connectivity index (χ1n) is 5.65. The smallest absolute Gasteiger partial charge is 0.149 e. The lowest BCUT2D eigenvalue weighted by Crippen LogP contribution is -2.07. The predicted octanol–water partition coefficient (Wildman–Crippen LogP) is 2.67. The SMILES string of the molecule is O[C@@H](Cc1ccccc1)/N=C/c1ccccc1. The summed E-state index contributed by atoms with van der Waals surface area (Å²) in [5.41, 5.74) is 2.09. The Labute approximate surface area is 101 Å². The molecule has 0 spiro atoms. The van der Waals surface area contributed by atoms with Crippen LogP contribution in [0.3, 0.4) is 0 Å². The highest BCUT2D eigenvalue weighted by Crippen LogP contribution is 2.04. The quantitative estimate of drug-likeness (QED) is 0.797. The normalized spacial score (nSPS) is 12.8. The van der Waals surface area contributed by atoms with Gasteiger partial charge in [0.05, 0.1) is 0 Å². The second kappa shape index (κ2) is 5.97. The molecule has 0 aromatic heterocycles. The second-order valence-corrected chi connectivity index (χ2v) is 3.86. The summed E-state index contributed by atoms with van der Waals surface area (Å²) >= 11 is 0. The van der Waals surface area contributed by atoms with Gasteiger partial charge >= 0.3 is 0 Å². The van der Waals surface area contributed by atoms with Gasteiger partial charge in [-0.3, -0.25) is 4.99 Å². The van der Waals surface area contributed by atoms with E-state index in [1.165, 1.54) is 0 Å². The molecule has 0 saturated heterocycles. The zero-order chi connectivity index (χ0) is 11.9. The van der Waals surface area contributed by atoms with Crippen LogP contribution >= 0.6 is 0 Å². The third kappa shape index (κ3) is 3.85. The zero-order valence-electron chi connectivity index (χ0n) is 9.53. The Bertz CT molecular complexity index is 465. The van der Waals surface area contributed by atoms with Crippen LogP contribution in [0, 0.1) is 0 Å². The summed E-state index contributed by atoms with van der Waals surface area (Å²) in [4.78, 5) is 4.12. The van der Waals surface area contributed by atoms with E-state index >= 15 is 0 Å². The number of aliphatic imine (C=N–C) groups is 1. The highest BCUT2D eigenvalue weighted by molar-refractivity contribution is 5.79. The molecule has 2 aromatic carbocycles. The molecule has 2 rings (SSSR count). The van der Waals surface area contributed by atoms with Crippen LogP contribution in [-0.4, -0.2) is 17.5 Å². The van der Waals surface area contributed by atoms with Crippen molar-refractivity contribution in [3.05, 3.63) is 71.8 Å². The highest BCUT2D eigenvalue weighted by Gasteiger charge is 2.01. The van der Waals surface area contributed by atoms with Gasteiger partial charge in [0.2, 0.25) is 0 Å². The summed E-state index contributed by atoms with van der Waals surface area (Å²) < 4.78 is 0. The van der Waals surface area contributed by atoms with Gasteiger partial charge in [0.1, 0.15) is 6.23 Å². The van der Waals surface area contributed by atoms with E-state index < -0.39 is 6.23 Å². The van der Waals surface area contributed by atoms with Gasteiger partial charge in [0, 0.05) is 12.6 Å². The van der Waals surface area contributed by atoms with Crippen molar-refractivity contribution in [3.63, 3.8) is 0 Å². The summed E-state index contributed by atoms with van der Waals surface area (Å²) in [6.07, 6.45) is 1.57. The van der Waals surface area contributed by atoms with Gasteiger partial charge in [0.25, 0.3) is 0 Å². The molecule has 0 saturated carbocycles. The number of hydrogen-bond donors (Lipinski definition) is 1. The predicted molar refractivity (Wildman–Crippen MR) is 70.2 cm³/mol. The molecule has 0 fully saturated rings. The lowest BCUT2D eigenvalue weighted by atomic mass is 10.1. The van der Waals surface area contributed by atoms with Crippen molar-refractivity contribution >= 4 is 6.21 Å². The van der Waals surface area contributed by atoms with Crippen LogP contribution in [0.15, 0.2) is 65.7 Å². The number of rotatable bonds is 4. The Hall–Kier alpha value is -1.93. The molecular formula is C15H15NO. The van der Waals surface area contributed by atoms with E-state index in [4.69, 9.17) is 0 Å². The molecule has 1 N–H and O–H groups in total. The number of aliphatic hydroxyl groups excluding tert-OH is 1. The van der Waals surface area contributed by atoms with Gasteiger partial charge in [-0.15, -0.1) is 0 Å². The lowest BCUT2D eigenvalue weighted by molar-refractivity contribution is 0.186. The summed E-state index contributed by atoms with van der Waals surface area (Å²) in [5.74, 6) is 0. The highest BCUT2D eigenvalue weighted by atomic mass is 16.3. The van der Waals surface area contributed by atoms with Gasteiger partial charge in [-0.1, -0.05) is 60.7 Å². The number of hydrogen-bond acceptors (Lipinski definition) is 2. The number of benzene rings is 2. The topological polar surface area (TPSA) is 32.6 Å².